The van der Waals surface area contributed by atoms with Crippen molar-refractivity contribution >= 4 is 29.8 Å². The van der Waals surface area contributed by atoms with Crippen molar-refractivity contribution < 1.29 is 14.4 Å². The minimum atomic E-state index is -0.717. The number of imide groups is 2. The summed E-state index contributed by atoms with van der Waals surface area (Å²) in [6.45, 7) is 8.21. The van der Waals surface area contributed by atoms with E-state index in [1.165, 1.54) is 19.3 Å². The van der Waals surface area contributed by atoms with Gasteiger partial charge in [-0.15, -0.1) is 0 Å². The highest BCUT2D eigenvalue weighted by Gasteiger charge is 2.46. The molecule has 1 fully saturated rings. The molecular formula is C15H26N2O3S. The quantitative estimate of drug-likeness (QED) is 0.297. The van der Waals surface area contributed by atoms with E-state index in [0.29, 0.717) is 6.54 Å². The van der Waals surface area contributed by atoms with Crippen LogP contribution in [0.4, 0.5) is 4.79 Å². The van der Waals surface area contributed by atoms with E-state index in [-0.39, 0.29) is 4.75 Å². The fourth-order valence-corrected chi connectivity index (χ4v) is 2.97. The van der Waals surface area contributed by atoms with Crippen molar-refractivity contribution in [2.24, 2.45) is 0 Å². The van der Waals surface area contributed by atoms with E-state index in [9.17, 15) is 14.4 Å². The van der Waals surface area contributed by atoms with Crippen molar-refractivity contribution in [3.63, 3.8) is 0 Å². The number of nitrogens with zero attached hydrogens (tertiary/aromatic N) is 2. The molecule has 0 spiro atoms. The number of amides is 4. The Bertz CT molecular complexity index is 404. The second kappa shape index (κ2) is 7.82. The molecule has 1 heterocycles. The SMILES string of the molecule is CCCCCCCCN1C(=O)C(=O)N(SC(C)(C)C)C1=O. The van der Waals surface area contributed by atoms with Gasteiger partial charge in [-0.25, -0.2) is 4.79 Å². The van der Waals surface area contributed by atoms with E-state index in [1.807, 2.05) is 20.8 Å². The average Bonchev–Trinajstić information content (AvgIpc) is 2.58. The molecule has 0 aliphatic carbocycles. The van der Waals surface area contributed by atoms with Crippen molar-refractivity contribution in [1.82, 2.24) is 9.21 Å². The van der Waals surface area contributed by atoms with Gasteiger partial charge in [-0.1, -0.05) is 39.0 Å². The monoisotopic (exact) mass is 314 g/mol. The van der Waals surface area contributed by atoms with Crippen molar-refractivity contribution in [2.45, 2.75) is 71.0 Å². The molecule has 5 nitrogen and oxygen atoms in total. The molecule has 0 unspecified atom stereocenters. The molecule has 1 aliphatic heterocycles. The third-order valence-electron chi connectivity index (χ3n) is 3.12. The molecular weight excluding hydrogens is 288 g/mol. The van der Waals surface area contributed by atoms with Crippen LogP contribution in [0.1, 0.15) is 66.2 Å². The molecule has 21 heavy (non-hydrogen) atoms. The van der Waals surface area contributed by atoms with Gasteiger partial charge in [0.05, 0.1) is 0 Å². The first kappa shape index (κ1) is 18.0. The highest BCUT2D eigenvalue weighted by Crippen LogP contribution is 2.31. The second-order valence-corrected chi connectivity index (χ2v) is 8.08. The predicted octanol–water partition coefficient (Wildman–Crippen LogP) is 3.58. The lowest BCUT2D eigenvalue weighted by Gasteiger charge is -2.22. The molecule has 120 valence electrons. The standard InChI is InChI=1S/C15H26N2O3S/c1-5-6-7-8-9-10-11-16-12(18)13(19)17(14(16)20)21-15(2,3)4/h5-11H2,1-4H3. The number of hydrogen-bond donors (Lipinski definition) is 0. The Labute approximate surface area is 131 Å². The summed E-state index contributed by atoms with van der Waals surface area (Å²) in [6, 6.07) is -0.488. The zero-order valence-electron chi connectivity index (χ0n) is 13.5. The largest absolute Gasteiger partial charge is 0.344 e. The van der Waals surface area contributed by atoms with Crippen molar-refractivity contribution in [2.75, 3.05) is 6.54 Å². The number of carbonyl (C=O) groups is 3. The van der Waals surface area contributed by atoms with E-state index in [4.69, 9.17) is 0 Å². The second-order valence-electron chi connectivity index (χ2n) is 6.31. The van der Waals surface area contributed by atoms with Gasteiger partial charge in [0.25, 0.3) is 0 Å². The lowest BCUT2D eigenvalue weighted by atomic mass is 10.1. The van der Waals surface area contributed by atoms with Crippen molar-refractivity contribution in [3.05, 3.63) is 0 Å². The summed E-state index contributed by atoms with van der Waals surface area (Å²) in [4.78, 5) is 37.0. The van der Waals surface area contributed by atoms with E-state index in [0.717, 1.165) is 40.4 Å². The zero-order valence-corrected chi connectivity index (χ0v) is 14.3. The van der Waals surface area contributed by atoms with Gasteiger partial charge in [-0.3, -0.25) is 14.5 Å². The van der Waals surface area contributed by atoms with E-state index in [1.54, 1.807) is 0 Å². The summed E-state index contributed by atoms with van der Waals surface area (Å²) in [5.74, 6) is -1.41. The van der Waals surface area contributed by atoms with Crippen LogP contribution in [0.15, 0.2) is 0 Å². The highest BCUT2D eigenvalue weighted by molar-refractivity contribution is 7.99. The lowest BCUT2D eigenvalue weighted by molar-refractivity contribution is -0.141. The number of rotatable bonds is 8. The number of unbranched alkanes of at least 4 members (excludes halogenated alkanes) is 5. The van der Waals surface area contributed by atoms with Gasteiger partial charge in [0.2, 0.25) is 0 Å². The van der Waals surface area contributed by atoms with Gasteiger partial charge in [-0.2, -0.15) is 4.31 Å². The molecule has 0 saturated carbocycles. The normalized spacial score (nSPS) is 16.3. The van der Waals surface area contributed by atoms with Crippen LogP contribution in [0.2, 0.25) is 0 Å². The van der Waals surface area contributed by atoms with E-state index < -0.39 is 17.8 Å². The smallest absolute Gasteiger partial charge is 0.263 e. The number of urea groups is 1. The van der Waals surface area contributed by atoms with Crippen molar-refractivity contribution in [1.29, 1.82) is 0 Å². The summed E-state index contributed by atoms with van der Waals surface area (Å²) in [5.41, 5.74) is 0. The van der Waals surface area contributed by atoms with E-state index in [2.05, 4.69) is 6.92 Å². The topological polar surface area (TPSA) is 57.7 Å². The summed E-state index contributed by atoms with van der Waals surface area (Å²) >= 11 is 1.11. The maximum absolute atomic E-state index is 12.2. The maximum atomic E-state index is 12.2. The number of hydrogen-bond acceptors (Lipinski definition) is 4. The predicted molar refractivity (Wildman–Crippen MR) is 84.7 cm³/mol. The molecule has 0 aromatic heterocycles. The maximum Gasteiger partial charge on any atom is 0.344 e. The molecule has 0 aromatic carbocycles. The summed E-state index contributed by atoms with van der Waals surface area (Å²) in [6.07, 6.45) is 6.45. The summed E-state index contributed by atoms with van der Waals surface area (Å²) in [5, 5.41) is 0. The molecule has 6 heteroatoms. The van der Waals surface area contributed by atoms with E-state index >= 15 is 0 Å². The molecule has 4 amide bonds. The van der Waals surface area contributed by atoms with Crippen LogP contribution < -0.4 is 0 Å². The summed E-state index contributed by atoms with van der Waals surface area (Å²) in [7, 11) is 0. The fraction of sp³-hybridized carbons (Fsp3) is 0.800. The molecule has 1 rings (SSSR count). The van der Waals surface area contributed by atoms with Crippen LogP contribution in [0, 0.1) is 0 Å². The van der Waals surface area contributed by atoms with Gasteiger partial charge in [0.1, 0.15) is 0 Å². The van der Waals surface area contributed by atoms with Gasteiger partial charge < -0.3 is 0 Å². The van der Waals surface area contributed by atoms with Crippen LogP contribution in [-0.4, -0.2) is 38.3 Å². The third-order valence-corrected chi connectivity index (χ3v) is 4.17. The minimum Gasteiger partial charge on any atom is -0.263 e. The first-order valence-electron chi connectivity index (χ1n) is 7.67. The van der Waals surface area contributed by atoms with Gasteiger partial charge in [0, 0.05) is 11.3 Å². The van der Waals surface area contributed by atoms with Crippen LogP contribution in [0.5, 0.6) is 0 Å². The Morgan fingerprint density at radius 1 is 0.905 bits per heavy atom. The third kappa shape index (κ3) is 5.34. The fourth-order valence-electron chi connectivity index (χ4n) is 2.09. The summed E-state index contributed by atoms with van der Waals surface area (Å²) < 4.78 is 0.710. The average molecular weight is 314 g/mol. The van der Waals surface area contributed by atoms with Gasteiger partial charge in [-0.05, 0) is 39.1 Å². The Kier molecular flexibility index (Phi) is 6.71. The molecule has 0 radical (unpaired) electrons. The molecule has 1 saturated heterocycles. The molecule has 0 bridgehead atoms. The first-order valence-corrected chi connectivity index (χ1v) is 8.44. The molecule has 0 atom stereocenters. The van der Waals surface area contributed by atoms with Crippen LogP contribution in [0.3, 0.4) is 0 Å². The van der Waals surface area contributed by atoms with Gasteiger partial charge in [0.15, 0.2) is 0 Å². The zero-order chi connectivity index (χ0) is 16.0. The Morgan fingerprint density at radius 2 is 1.48 bits per heavy atom. The van der Waals surface area contributed by atoms with Gasteiger partial charge >= 0.3 is 17.8 Å². The number of carbonyl (C=O) groups excluding carboxylic acids is 3. The van der Waals surface area contributed by atoms with Crippen LogP contribution in [0.25, 0.3) is 0 Å². The Balaban J connectivity index is 2.47. The van der Waals surface area contributed by atoms with Crippen molar-refractivity contribution in [3.8, 4) is 0 Å². The molecule has 0 aromatic rings. The minimum absolute atomic E-state index is 0.290. The van der Waals surface area contributed by atoms with Crippen LogP contribution in [-0.2, 0) is 9.59 Å². The molecule has 1 aliphatic rings. The Hall–Kier alpha value is -1.04. The van der Waals surface area contributed by atoms with Crippen LogP contribution >= 0.6 is 11.9 Å². The molecule has 0 N–H and O–H groups in total. The first-order chi connectivity index (χ1) is 9.78. The lowest BCUT2D eigenvalue weighted by Crippen LogP contribution is -2.33. The highest BCUT2D eigenvalue weighted by atomic mass is 32.2. The Morgan fingerprint density at radius 3 is 2.05 bits per heavy atom.